The molecular formula is C9H13NO3. The van der Waals surface area contributed by atoms with Crippen molar-refractivity contribution in [2.75, 3.05) is 13.2 Å². The Morgan fingerprint density at radius 1 is 1.69 bits per heavy atom. The highest BCUT2D eigenvalue weighted by molar-refractivity contribution is 6.20. The van der Waals surface area contributed by atoms with Crippen LogP contribution in [-0.4, -0.2) is 29.9 Å². The number of esters is 1. The Bertz CT molecular complexity index is 279. The van der Waals surface area contributed by atoms with Crippen molar-refractivity contribution >= 4 is 11.7 Å². The summed E-state index contributed by atoms with van der Waals surface area (Å²) in [5.74, 6) is -0.489. The largest absolute Gasteiger partial charge is 0.508 e. The lowest BCUT2D eigenvalue weighted by molar-refractivity contribution is -0.135. The third kappa shape index (κ3) is 2.08. The number of aliphatic imine (C=N–C) groups is 1. The van der Waals surface area contributed by atoms with Gasteiger partial charge in [-0.3, -0.25) is 4.99 Å². The SMILES string of the molecule is CCCN=C(C)C1=C(O)COC1=O. The third-order valence-electron chi connectivity index (χ3n) is 1.77. The molecule has 0 saturated carbocycles. The Balaban J connectivity index is 2.81. The van der Waals surface area contributed by atoms with Gasteiger partial charge >= 0.3 is 5.97 Å². The van der Waals surface area contributed by atoms with Crippen LogP contribution in [0.1, 0.15) is 20.3 Å². The van der Waals surface area contributed by atoms with E-state index < -0.39 is 5.97 Å². The van der Waals surface area contributed by atoms with Crippen LogP contribution in [0.25, 0.3) is 0 Å². The molecule has 0 bridgehead atoms. The van der Waals surface area contributed by atoms with Crippen LogP contribution < -0.4 is 0 Å². The predicted octanol–water partition coefficient (Wildman–Crippen LogP) is 1.23. The van der Waals surface area contributed by atoms with Crippen molar-refractivity contribution < 1.29 is 14.6 Å². The number of rotatable bonds is 3. The molecule has 13 heavy (non-hydrogen) atoms. The van der Waals surface area contributed by atoms with E-state index in [1.54, 1.807) is 6.92 Å². The number of ether oxygens (including phenoxy) is 1. The van der Waals surface area contributed by atoms with Crippen LogP contribution in [0.2, 0.25) is 0 Å². The fourth-order valence-corrected chi connectivity index (χ4v) is 1.11. The van der Waals surface area contributed by atoms with Crippen LogP contribution in [0.4, 0.5) is 0 Å². The summed E-state index contributed by atoms with van der Waals surface area (Å²) in [6.07, 6.45) is 0.917. The third-order valence-corrected chi connectivity index (χ3v) is 1.77. The molecule has 1 rings (SSSR count). The molecule has 0 saturated heterocycles. The van der Waals surface area contributed by atoms with Crippen LogP contribution in [0, 0.1) is 0 Å². The summed E-state index contributed by atoms with van der Waals surface area (Å²) in [5.41, 5.74) is 0.787. The highest BCUT2D eigenvalue weighted by Gasteiger charge is 2.26. The van der Waals surface area contributed by atoms with Gasteiger partial charge < -0.3 is 9.84 Å². The van der Waals surface area contributed by atoms with E-state index in [1.807, 2.05) is 6.92 Å². The van der Waals surface area contributed by atoms with E-state index in [4.69, 9.17) is 0 Å². The minimum Gasteiger partial charge on any atom is -0.508 e. The fraction of sp³-hybridized carbons (Fsp3) is 0.556. The van der Waals surface area contributed by atoms with Crippen molar-refractivity contribution in [2.45, 2.75) is 20.3 Å². The summed E-state index contributed by atoms with van der Waals surface area (Å²) in [5, 5.41) is 9.28. The van der Waals surface area contributed by atoms with Gasteiger partial charge in [-0.05, 0) is 13.3 Å². The molecule has 4 nitrogen and oxygen atoms in total. The van der Waals surface area contributed by atoms with Gasteiger partial charge in [0.1, 0.15) is 17.9 Å². The monoisotopic (exact) mass is 183 g/mol. The second kappa shape index (κ2) is 4.07. The van der Waals surface area contributed by atoms with Gasteiger partial charge in [0.05, 0.1) is 0 Å². The zero-order valence-electron chi connectivity index (χ0n) is 7.83. The van der Waals surface area contributed by atoms with Gasteiger partial charge in [0.15, 0.2) is 0 Å². The zero-order chi connectivity index (χ0) is 9.84. The molecule has 0 fully saturated rings. The summed E-state index contributed by atoms with van der Waals surface area (Å²) in [7, 11) is 0. The van der Waals surface area contributed by atoms with E-state index >= 15 is 0 Å². The molecule has 0 amide bonds. The topological polar surface area (TPSA) is 58.9 Å². The van der Waals surface area contributed by atoms with E-state index in [0.717, 1.165) is 6.42 Å². The Morgan fingerprint density at radius 2 is 2.38 bits per heavy atom. The molecule has 4 heteroatoms. The second-order valence-electron chi connectivity index (χ2n) is 2.86. The van der Waals surface area contributed by atoms with Crippen LogP contribution >= 0.6 is 0 Å². The standard InChI is InChI=1S/C9H13NO3/c1-3-4-10-6(2)8-7(11)5-13-9(8)12/h11H,3-5H2,1-2H3. The molecule has 1 N–H and O–H groups in total. The molecule has 1 aliphatic rings. The van der Waals surface area contributed by atoms with Crippen LogP contribution in [0.15, 0.2) is 16.3 Å². The number of hydrogen-bond acceptors (Lipinski definition) is 4. The normalized spacial score (nSPS) is 18.0. The Labute approximate surface area is 76.9 Å². The maximum Gasteiger partial charge on any atom is 0.344 e. The minimum absolute atomic E-state index is 0.0117. The van der Waals surface area contributed by atoms with Crippen LogP contribution in [0.3, 0.4) is 0 Å². The molecule has 0 spiro atoms. The maximum absolute atomic E-state index is 11.1. The number of aliphatic hydroxyl groups is 1. The maximum atomic E-state index is 11.1. The van der Waals surface area contributed by atoms with Gasteiger partial charge in [-0.15, -0.1) is 0 Å². The number of cyclic esters (lactones) is 1. The average Bonchev–Trinajstić information content (AvgIpc) is 2.42. The highest BCUT2D eigenvalue weighted by Crippen LogP contribution is 2.14. The van der Waals surface area contributed by atoms with E-state index in [0.29, 0.717) is 12.3 Å². The molecule has 0 aromatic heterocycles. The average molecular weight is 183 g/mol. The number of carbonyl (C=O) groups excluding carboxylic acids is 1. The summed E-state index contributed by atoms with van der Waals surface area (Å²) in [4.78, 5) is 15.2. The van der Waals surface area contributed by atoms with E-state index in [-0.39, 0.29) is 17.9 Å². The van der Waals surface area contributed by atoms with E-state index in [1.165, 1.54) is 0 Å². The first kappa shape index (κ1) is 9.77. The van der Waals surface area contributed by atoms with Crippen molar-refractivity contribution in [3.05, 3.63) is 11.3 Å². The number of hydrogen-bond donors (Lipinski definition) is 1. The van der Waals surface area contributed by atoms with Gasteiger partial charge in [-0.2, -0.15) is 0 Å². The van der Waals surface area contributed by atoms with Gasteiger partial charge in [0.25, 0.3) is 0 Å². The zero-order valence-corrected chi connectivity index (χ0v) is 7.83. The molecule has 1 aliphatic heterocycles. The van der Waals surface area contributed by atoms with Crippen LogP contribution in [0.5, 0.6) is 0 Å². The molecule has 0 unspecified atom stereocenters. The smallest absolute Gasteiger partial charge is 0.344 e. The summed E-state index contributed by atoms with van der Waals surface area (Å²) >= 11 is 0. The quantitative estimate of drug-likeness (QED) is 0.528. The van der Waals surface area contributed by atoms with Crippen molar-refractivity contribution in [1.82, 2.24) is 0 Å². The summed E-state index contributed by atoms with van der Waals surface area (Å²) < 4.78 is 4.63. The van der Waals surface area contributed by atoms with Gasteiger partial charge in [-0.1, -0.05) is 6.92 Å². The number of carbonyl (C=O) groups is 1. The van der Waals surface area contributed by atoms with Crippen LogP contribution in [-0.2, 0) is 9.53 Å². The number of nitrogens with zero attached hydrogens (tertiary/aromatic N) is 1. The first-order chi connectivity index (χ1) is 6.16. The van der Waals surface area contributed by atoms with E-state index in [2.05, 4.69) is 9.73 Å². The van der Waals surface area contributed by atoms with Gasteiger partial charge in [0.2, 0.25) is 0 Å². The first-order valence-corrected chi connectivity index (χ1v) is 4.27. The highest BCUT2D eigenvalue weighted by atomic mass is 16.5. The first-order valence-electron chi connectivity index (χ1n) is 4.27. The molecule has 0 atom stereocenters. The van der Waals surface area contributed by atoms with Gasteiger partial charge in [0, 0.05) is 12.3 Å². The molecule has 0 aromatic rings. The van der Waals surface area contributed by atoms with Gasteiger partial charge in [-0.25, -0.2) is 4.79 Å². The fourth-order valence-electron chi connectivity index (χ4n) is 1.11. The predicted molar refractivity (Wildman–Crippen MR) is 48.9 cm³/mol. The lowest BCUT2D eigenvalue weighted by Gasteiger charge is -1.98. The molecule has 0 radical (unpaired) electrons. The van der Waals surface area contributed by atoms with E-state index in [9.17, 15) is 9.90 Å². The summed E-state index contributed by atoms with van der Waals surface area (Å²) in [6.45, 7) is 4.34. The summed E-state index contributed by atoms with van der Waals surface area (Å²) in [6, 6.07) is 0. The molecular weight excluding hydrogens is 170 g/mol. The number of aliphatic hydroxyl groups excluding tert-OH is 1. The van der Waals surface area contributed by atoms with Crippen molar-refractivity contribution in [3.8, 4) is 0 Å². The second-order valence-corrected chi connectivity index (χ2v) is 2.86. The Morgan fingerprint density at radius 3 is 2.85 bits per heavy atom. The molecule has 72 valence electrons. The van der Waals surface area contributed by atoms with Crippen molar-refractivity contribution in [3.63, 3.8) is 0 Å². The van der Waals surface area contributed by atoms with Crippen molar-refractivity contribution in [2.24, 2.45) is 4.99 Å². The minimum atomic E-state index is -0.477. The molecule has 0 aromatic carbocycles. The lowest BCUT2D eigenvalue weighted by atomic mass is 10.1. The molecule has 1 heterocycles. The Kier molecular flexibility index (Phi) is 3.06. The molecule has 0 aliphatic carbocycles. The lowest BCUT2D eigenvalue weighted by Crippen LogP contribution is -2.08. The Hall–Kier alpha value is -1.32. The van der Waals surface area contributed by atoms with Crippen molar-refractivity contribution in [1.29, 1.82) is 0 Å².